The van der Waals surface area contributed by atoms with E-state index in [1.807, 2.05) is 0 Å². The molecule has 0 aliphatic carbocycles. The predicted octanol–water partition coefficient (Wildman–Crippen LogP) is 2.56. The molecule has 0 amide bonds. The molecule has 2 atom stereocenters. The van der Waals surface area contributed by atoms with Crippen LogP contribution in [0.5, 0.6) is 0 Å². The molecule has 1 aromatic rings. The van der Waals surface area contributed by atoms with Crippen LogP contribution < -0.4 is 10.2 Å². The Labute approximate surface area is 127 Å². The summed E-state index contributed by atoms with van der Waals surface area (Å²) >= 11 is 2.07. The van der Waals surface area contributed by atoms with E-state index in [0.29, 0.717) is 17.3 Å². The lowest BCUT2D eigenvalue weighted by Gasteiger charge is -2.39. The summed E-state index contributed by atoms with van der Waals surface area (Å²) in [6, 6.07) is 1.05. The standard InChI is InChI=1S/C15H28N4S/c1-10(2)16-9-14-11(3)17-18(6)15(14)19-7-8-20-13(5)12(19)4/h10,12-13,16H,7-9H2,1-6H3. The van der Waals surface area contributed by atoms with Gasteiger partial charge >= 0.3 is 0 Å². The van der Waals surface area contributed by atoms with Crippen molar-refractivity contribution < 1.29 is 0 Å². The maximum Gasteiger partial charge on any atom is 0.131 e. The van der Waals surface area contributed by atoms with E-state index < -0.39 is 0 Å². The molecule has 0 saturated carbocycles. The van der Waals surface area contributed by atoms with E-state index in [0.717, 1.165) is 18.8 Å². The molecule has 0 spiro atoms. The molecule has 1 aromatic heterocycles. The number of hydrogen-bond donors (Lipinski definition) is 1. The van der Waals surface area contributed by atoms with E-state index in [1.54, 1.807) is 0 Å². The van der Waals surface area contributed by atoms with Gasteiger partial charge in [0, 0.05) is 48.8 Å². The average Bonchev–Trinajstić information content (AvgIpc) is 2.65. The molecule has 1 aliphatic rings. The topological polar surface area (TPSA) is 33.1 Å². The smallest absolute Gasteiger partial charge is 0.131 e. The number of hydrogen-bond acceptors (Lipinski definition) is 4. The molecule has 1 saturated heterocycles. The normalized spacial score (nSPS) is 23.6. The third-order valence-electron chi connectivity index (χ3n) is 4.16. The summed E-state index contributed by atoms with van der Waals surface area (Å²) in [6.07, 6.45) is 0. The van der Waals surface area contributed by atoms with Crippen LogP contribution in [0.1, 0.15) is 39.0 Å². The van der Waals surface area contributed by atoms with Gasteiger partial charge in [0.2, 0.25) is 0 Å². The molecule has 1 aliphatic heterocycles. The van der Waals surface area contributed by atoms with E-state index >= 15 is 0 Å². The summed E-state index contributed by atoms with van der Waals surface area (Å²) < 4.78 is 2.06. The van der Waals surface area contributed by atoms with E-state index in [1.165, 1.54) is 17.1 Å². The lowest BCUT2D eigenvalue weighted by molar-refractivity contribution is 0.574. The van der Waals surface area contributed by atoms with Gasteiger partial charge in [0.1, 0.15) is 5.82 Å². The quantitative estimate of drug-likeness (QED) is 0.926. The molecule has 5 heteroatoms. The number of aromatic nitrogens is 2. The number of nitrogens with zero attached hydrogens (tertiary/aromatic N) is 3. The van der Waals surface area contributed by atoms with Gasteiger partial charge in [-0.3, -0.25) is 4.68 Å². The highest BCUT2D eigenvalue weighted by Gasteiger charge is 2.29. The first-order chi connectivity index (χ1) is 9.41. The summed E-state index contributed by atoms with van der Waals surface area (Å²) in [4.78, 5) is 2.54. The molecule has 1 N–H and O–H groups in total. The van der Waals surface area contributed by atoms with Gasteiger partial charge in [0.25, 0.3) is 0 Å². The van der Waals surface area contributed by atoms with Crippen molar-refractivity contribution in [2.45, 2.75) is 58.5 Å². The Morgan fingerprint density at radius 1 is 1.40 bits per heavy atom. The maximum atomic E-state index is 4.65. The molecule has 2 unspecified atom stereocenters. The van der Waals surface area contributed by atoms with Gasteiger partial charge in [0.05, 0.1) is 5.69 Å². The molecular weight excluding hydrogens is 268 g/mol. The maximum absolute atomic E-state index is 4.65. The van der Waals surface area contributed by atoms with Crippen molar-refractivity contribution in [2.75, 3.05) is 17.2 Å². The lowest BCUT2D eigenvalue weighted by atomic mass is 10.1. The van der Waals surface area contributed by atoms with Crippen molar-refractivity contribution in [1.82, 2.24) is 15.1 Å². The van der Waals surface area contributed by atoms with Gasteiger partial charge in [-0.1, -0.05) is 20.8 Å². The van der Waals surface area contributed by atoms with Gasteiger partial charge in [0.15, 0.2) is 0 Å². The number of rotatable bonds is 4. The highest BCUT2D eigenvalue weighted by molar-refractivity contribution is 8.00. The third kappa shape index (κ3) is 3.14. The minimum atomic E-state index is 0.496. The summed E-state index contributed by atoms with van der Waals surface area (Å²) in [5.74, 6) is 2.50. The van der Waals surface area contributed by atoms with E-state index in [4.69, 9.17) is 0 Å². The van der Waals surface area contributed by atoms with Gasteiger partial charge in [-0.15, -0.1) is 0 Å². The van der Waals surface area contributed by atoms with Crippen LogP contribution in [0.25, 0.3) is 0 Å². The SMILES string of the molecule is Cc1nn(C)c(N2CCSC(C)C2C)c1CNC(C)C. The van der Waals surface area contributed by atoms with Crippen molar-refractivity contribution in [1.29, 1.82) is 0 Å². The molecule has 114 valence electrons. The van der Waals surface area contributed by atoms with Crippen LogP contribution >= 0.6 is 11.8 Å². The zero-order chi connectivity index (χ0) is 14.9. The minimum Gasteiger partial charge on any atom is -0.352 e. The molecule has 20 heavy (non-hydrogen) atoms. The largest absolute Gasteiger partial charge is 0.352 e. The van der Waals surface area contributed by atoms with Crippen molar-refractivity contribution in [3.05, 3.63) is 11.3 Å². The molecule has 0 radical (unpaired) electrons. The van der Waals surface area contributed by atoms with E-state index in [-0.39, 0.29) is 0 Å². The fourth-order valence-corrected chi connectivity index (χ4v) is 3.89. The Kier molecular flexibility index (Phi) is 5.02. The van der Waals surface area contributed by atoms with Crippen LogP contribution in [-0.2, 0) is 13.6 Å². The molecule has 1 fully saturated rings. The Balaban J connectivity index is 2.29. The number of thioether (sulfide) groups is 1. The minimum absolute atomic E-state index is 0.496. The van der Waals surface area contributed by atoms with Crippen LogP contribution in [0, 0.1) is 6.92 Å². The molecular formula is C15H28N4S. The first-order valence-electron chi connectivity index (χ1n) is 7.56. The molecule has 0 bridgehead atoms. The van der Waals surface area contributed by atoms with E-state index in [2.05, 4.69) is 73.4 Å². The molecule has 0 aromatic carbocycles. The van der Waals surface area contributed by atoms with Gasteiger partial charge in [-0.2, -0.15) is 16.9 Å². The second-order valence-corrected chi connectivity index (χ2v) is 7.54. The van der Waals surface area contributed by atoms with Gasteiger partial charge < -0.3 is 10.2 Å². The fourth-order valence-electron chi connectivity index (χ4n) is 2.79. The van der Waals surface area contributed by atoms with Crippen LogP contribution in [-0.4, -0.2) is 39.4 Å². The third-order valence-corrected chi connectivity index (χ3v) is 5.49. The second-order valence-electron chi connectivity index (χ2n) is 6.06. The van der Waals surface area contributed by atoms with Crippen LogP contribution in [0.4, 0.5) is 5.82 Å². The zero-order valence-corrected chi connectivity index (χ0v) is 14.4. The summed E-state index contributed by atoms with van der Waals surface area (Å²) in [5, 5.41) is 8.86. The molecule has 2 heterocycles. The van der Waals surface area contributed by atoms with Crippen LogP contribution in [0.3, 0.4) is 0 Å². The first-order valence-corrected chi connectivity index (χ1v) is 8.60. The zero-order valence-electron chi connectivity index (χ0n) is 13.6. The number of aryl methyl sites for hydroxylation is 2. The van der Waals surface area contributed by atoms with Crippen molar-refractivity contribution >= 4 is 17.6 Å². The number of nitrogens with one attached hydrogen (secondary N) is 1. The number of anilines is 1. The second kappa shape index (κ2) is 6.39. The predicted molar refractivity (Wildman–Crippen MR) is 88.6 cm³/mol. The molecule has 2 rings (SSSR count). The van der Waals surface area contributed by atoms with Crippen molar-refractivity contribution in [3.8, 4) is 0 Å². The first kappa shape index (κ1) is 15.7. The highest BCUT2D eigenvalue weighted by Crippen LogP contribution is 2.32. The fraction of sp³-hybridized carbons (Fsp3) is 0.800. The Morgan fingerprint density at radius 2 is 2.10 bits per heavy atom. The Morgan fingerprint density at radius 3 is 2.75 bits per heavy atom. The Bertz CT molecular complexity index is 455. The van der Waals surface area contributed by atoms with E-state index in [9.17, 15) is 0 Å². The van der Waals surface area contributed by atoms with Crippen LogP contribution in [0.2, 0.25) is 0 Å². The van der Waals surface area contributed by atoms with Crippen LogP contribution in [0.15, 0.2) is 0 Å². The van der Waals surface area contributed by atoms with Gasteiger partial charge in [-0.05, 0) is 13.8 Å². The lowest BCUT2D eigenvalue weighted by Crippen LogP contribution is -2.46. The Hall–Kier alpha value is -0.680. The van der Waals surface area contributed by atoms with Crippen molar-refractivity contribution in [2.24, 2.45) is 7.05 Å². The summed E-state index contributed by atoms with van der Waals surface area (Å²) in [7, 11) is 2.07. The monoisotopic (exact) mass is 296 g/mol. The average molecular weight is 296 g/mol. The summed E-state index contributed by atoms with van der Waals surface area (Å²) in [5.41, 5.74) is 2.50. The molecule has 4 nitrogen and oxygen atoms in total. The van der Waals surface area contributed by atoms with Crippen molar-refractivity contribution in [3.63, 3.8) is 0 Å². The van der Waals surface area contributed by atoms with Gasteiger partial charge in [-0.25, -0.2) is 0 Å². The highest BCUT2D eigenvalue weighted by atomic mass is 32.2. The summed E-state index contributed by atoms with van der Waals surface area (Å²) in [6.45, 7) is 13.2.